The van der Waals surface area contributed by atoms with Crippen molar-refractivity contribution in [2.45, 2.75) is 31.8 Å². The fourth-order valence-corrected chi connectivity index (χ4v) is 4.93. The van der Waals surface area contributed by atoms with Gasteiger partial charge >= 0.3 is 0 Å². The van der Waals surface area contributed by atoms with E-state index < -0.39 is 41.0 Å². The van der Waals surface area contributed by atoms with Crippen molar-refractivity contribution in [3.05, 3.63) is 90.5 Å². The summed E-state index contributed by atoms with van der Waals surface area (Å²) in [4.78, 5) is 40.5. The number of carbonyl (C=O) groups excluding carboxylic acids is 3. The van der Waals surface area contributed by atoms with Crippen LogP contribution in [0.2, 0.25) is 0 Å². The third kappa shape index (κ3) is 5.47. The average Bonchev–Trinajstić information content (AvgIpc) is 2.85. The predicted octanol–water partition coefficient (Wildman–Crippen LogP) is 4.40. The summed E-state index contributed by atoms with van der Waals surface area (Å²) in [6.45, 7) is 3.84. The van der Waals surface area contributed by atoms with Crippen LogP contribution in [0.5, 0.6) is 5.75 Å². The molecule has 7 nitrogen and oxygen atoms in total. The summed E-state index contributed by atoms with van der Waals surface area (Å²) in [7, 11) is 0. The molecular formula is C29H30N2O5. The molecule has 1 aliphatic rings. The first-order chi connectivity index (χ1) is 17.3. The smallest absolute Gasteiger partial charge is 0.235 e. The van der Waals surface area contributed by atoms with Crippen molar-refractivity contribution in [3.8, 4) is 5.75 Å². The van der Waals surface area contributed by atoms with Gasteiger partial charge in [-0.1, -0.05) is 48.5 Å². The molecule has 0 heterocycles. The molecule has 7 heteroatoms. The van der Waals surface area contributed by atoms with Crippen molar-refractivity contribution in [3.63, 3.8) is 0 Å². The van der Waals surface area contributed by atoms with E-state index in [1.807, 2.05) is 19.1 Å². The molecule has 0 unspecified atom stereocenters. The molecule has 3 aromatic carbocycles. The molecule has 1 aliphatic carbocycles. The van der Waals surface area contributed by atoms with E-state index >= 15 is 0 Å². The second-order valence-corrected chi connectivity index (χ2v) is 9.19. The number of ether oxygens (including phenoxy) is 1. The highest BCUT2D eigenvalue weighted by atomic mass is 16.5. The van der Waals surface area contributed by atoms with Gasteiger partial charge in [0.1, 0.15) is 17.5 Å². The normalized spacial score (nSPS) is 23.5. The van der Waals surface area contributed by atoms with Crippen molar-refractivity contribution in [2.24, 2.45) is 11.8 Å². The largest absolute Gasteiger partial charge is 0.494 e. The molecule has 0 radical (unpaired) electrons. The Morgan fingerprint density at radius 2 is 1.42 bits per heavy atom. The van der Waals surface area contributed by atoms with Crippen LogP contribution in [0.1, 0.15) is 31.7 Å². The Labute approximate surface area is 210 Å². The van der Waals surface area contributed by atoms with E-state index in [0.29, 0.717) is 29.3 Å². The van der Waals surface area contributed by atoms with E-state index in [1.165, 1.54) is 6.92 Å². The molecule has 4 atom stereocenters. The SMILES string of the molecule is CCOc1ccc([C@@H]2[C@H](C(=O)Nc3ccccc3)C(=O)C[C@@](C)(O)[C@@H]2C(=O)Nc2ccccc2)cc1. The number of benzene rings is 3. The molecular weight excluding hydrogens is 456 g/mol. The molecule has 4 rings (SSSR count). The van der Waals surface area contributed by atoms with Gasteiger partial charge in [-0.2, -0.15) is 0 Å². The zero-order valence-corrected chi connectivity index (χ0v) is 20.3. The number of amides is 2. The fourth-order valence-electron chi connectivity index (χ4n) is 4.93. The van der Waals surface area contributed by atoms with Crippen LogP contribution >= 0.6 is 0 Å². The van der Waals surface area contributed by atoms with E-state index in [4.69, 9.17) is 4.74 Å². The average molecular weight is 487 g/mol. The molecule has 0 bridgehead atoms. The lowest BCUT2D eigenvalue weighted by molar-refractivity contribution is -0.150. The molecule has 3 N–H and O–H groups in total. The summed E-state index contributed by atoms with van der Waals surface area (Å²) in [5, 5.41) is 17.0. The summed E-state index contributed by atoms with van der Waals surface area (Å²) < 4.78 is 5.54. The van der Waals surface area contributed by atoms with E-state index in [0.717, 1.165) is 0 Å². The van der Waals surface area contributed by atoms with Gasteiger partial charge in [0.25, 0.3) is 0 Å². The van der Waals surface area contributed by atoms with Crippen LogP contribution in [-0.2, 0) is 14.4 Å². The number of anilines is 2. The van der Waals surface area contributed by atoms with Crippen LogP contribution < -0.4 is 15.4 Å². The molecule has 0 aromatic heterocycles. The third-order valence-corrected chi connectivity index (χ3v) is 6.49. The van der Waals surface area contributed by atoms with Gasteiger partial charge in [0, 0.05) is 23.7 Å². The molecule has 186 valence electrons. The summed E-state index contributed by atoms with van der Waals surface area (Å²) in [6, 6.07) is 24.7. The van der Waals surface area contributed by atoms with E-state index in [-0.39, 0.29) is 6.42 Å². The topological polar surface area (TPSA) is 105 Å². The number of hydrogen-bond donors (Lipinski definition) is 3. The lowest BCUT2D eigenvalue weighted by Crippen LogP contribution is -2.56. The summed E-state index contributed by atoms with van der Waals surface area (Å²) in [5.41, 5.74) is 0.0328. The van der Waals surface area contributed by atoms with E-state index in [9.17, 15) is 19.5 Å². The summed E-state index contributed by atoms with van der Waals surface area (Å²) in [5.74, 6) is -3.91. The Morgan fingerprint density at radius 1 is 0.889 bits per heavy atom. The number of Topliss-reactive ketones (excluding diaryl/α,β-unsaturated/α-hetero) is 1. The molecule has 0 spiro atoms. The Bertz CT molecular complexity index is 1210. The Hall–Kier alpha value is -3.97. The first kappa shape index (κ1) is 25.1. The molecule has 1 fully saturated rings. The van der Waals surface area contributed by atoms with Crippen molar-refractivity contribution in [1.29, 1.82) is 0 Å². The van der Waals surface area contributed by atoms with Gasteiger partial charge in [-0.05, 0) is 55.8 Å². The standard InChI is InChI=1S/C29H30N2O5/c1-3-36-22-16-14-19(15-17-22)24-25(27(33)30-20-10-6-4-7-11-20)23(32)18-29(2,35)26(24)28(34)31-21-12-8-5-9-13-21/h4-17,24-26,35H,3,18H2,1-2H3,(H,30,33)(H,31,34)/t24-,25-,26+,29-/m1/s1. The van der Waals surface area contributed by atoms with E-state index in [2.05, 4.69) is 10.6 Å². The maximum Gasteiger partial charge on any atom is 0.235 e. The van der Waals surface area contributed by atoms with Crippen LogP contribution in [0.15, 0.2) is 84.9 Å². The van der Waals surface area contributed by atoms with Crippen LogP contribution in [0.3, 0.4) is 0 Å². The lowest BCUT2D eigenvalue weighted by Gasteiger charge is -2.44. The summed E-state index contributed by atoms with van der Waals surface area (Å²) in [6.07, 6.45) is -0.319. The van der Waals surface area contributed by atoms with Crippen molar-refractivity contribution < 1.29 is 24.2 Å². The van der Waals surface area contributed by atoms with Crippen LogP contribution in [0.25, 0.3) is 0 Å². The molecule has 2 amide bonds. The first-order valence-corrected chi connectivity index (χ1v) is 12.0. The quantitative estimate of drug-likeness (QED) is 0.429. The van der Waals surface area contributed by atoms with Gasteiger partial charge in [-0.25, -0.2) is 0 Å². The number of nitrogens with one attached hydrogen (secondary N) is 2. The number of carbonyl (C=O) groups is 3. The molecule has 0 aliphatic heterocycles. The van der Waals surface area contributed by atoms with Gasteiger partial charge in [0.05, 0.1) is 18.1 Å². The van der Waals surface area contributed by atoms with Gasteiger partial charge < -0.3 is 20.5 Å². The highest BCUT2D eigenvalue weighted by Gasteiger charge is 2.55. The fraction of sp³-hybridized carbons (Fsp3) is 0.276. The number of ketones is 1. The zero-order valence-electron chi connectivity index (χ0n) is 20.3. The van der Waals surface area contributed by atoms with Crippen molar-refractivity contribution in [1.82, 2.24) is 0 Å². The monoisotopic (exact) mass is 486 g/mol. The Kier molecular flexibility index (Phi) is 7.50. The third-order valence-electron chi connectivity index (χ3n) is 6.49. The summed E-state index contributed by atoms with van der Waals surface area (Å²) >= 11 is 0. The lowest BCUT2D eigenvalue weighted by atomic mass is 9.61. The van der Waals surface area contributed by atoms with E-state index in [1.54, 1.807) is 72.8 Å². The maximum absolute atomic E-state index is 13.6. The highest BCUT2D eigenvalue weighted by molar-refractivity contribution is 6.10. The van der Waals surface area contributed by atoms with Gasteiger partial charge in [0.15, 0.2) is 0 Å². The minimum atomic E-state index is -1.66. The van der Waals surface area contributed by atoms with Gasteiger partial charge in [-0.3, -0.25) is 14.4 Å². The van der Waals surface area contributed by atoms with Gasteiger partial charge in [-0.15, -0.1) is 0 Å². The van der Waals surface area contributed by atoms with Crippen LogP contribution in [0.4, 0.5) is 11.4 Å². The minimum absolute atomic E-state index is 0.319. The molecule has 3 aromatic rings. The van der Waals surface area contributed by atoms with Crippen molar-refractivity contribution >= 4 is 29.0 Å². The Morgan fingerprint density at radius 3 is 1.94 bits per heavy atom. The predicted molar refractivity (Wildman–Crippen MR) is 138 cm³/mol. The first-order valence-electron chi connectivity index (χ1n) is 12.0. The molecule has 1 saturated carbocycles. The highest BCUT2D eigenvalue weighted by Crippen LogP contribution is 2.46. The second kappa shape index (κ2) is 10.7. The van der Waals surface area contributed by atoms with Crippen LogP contribution in [0, 0.1) is 11.8 Å². The number of rotatable bonds is 7. The van der Waals surface area contributed by atoms with Crippen LogP contribution in [-0.4, -0.2) is 34.9 Å². The molecule has 36 heavy (non-hydrogen) atoms. The second-order valence-electron chi connectivity index (χ2n) is 9.19. The number of para-hydroxylation sites is 2. The maximum atomic E-state index is 13.6. The minimum Gasteiger partial charge on any atom is -0.494 e. The van der Waals surface area contributed by atoms with Crippen molar-refractivity contribution in [2.75, 3.05) is 17.2 Å². The molecule has 0 saturated heterocycles. The Balaban J connectivity index is 1.76. The zero-order chi connectivity index (χ0) is 25.7. The van der Waals surface area contributed by atoms with Gasteiger partial charge in [0.2, 0.25) is 11.8 Å². The number of hydrogen-bond acceptors (Lipinski definition) is 5. The number of aliphatic hydroxyl groups is 1.